The van der Waals surface area contributed by atoms with Gasteiger partial charge in [-0.05, 0) is 18.2 Å². The van der Waals surface area contributed by atoms with E-state index < -0.39 is 11.8 Å². The highest BCUT2D eigenvalue weighted by molar-refractivity contribution is 6.19. The summed E-state index contributed by atoms with van der Waals surface area (Å²) in [5.74, 6) is -0.666. The summed E-state index contributed by atoms with van der Waals surface area (Å²) in [6.45, 7) is 0. The first kappa shape index (κ1) is 18.5. The van der Waals surface area contributed by atoms with Gasteiger partial charge in [-0.15, -0.1) is 11.6 Å². The molecule has 25 heavy (non-hydrogen) atoms. The molecule has 130 valence electrons. The van der Waals surface area contributed by atoms with E-state index in [2.05, 4.69) is 10.9 Å². The average molecular weight is 361 g/mol. The molecule has 0 aliphatic heterocycles. The third-order valence-electron chi connectivity index (χ3n) is 3.24. The summed E-state index contributed by atoms with van der Waals surface area (Å²) in [5.41, 5.74) is 5.18. The van der Waals surface area contributed by atoms with Crippen molar-refractivity contribution >= 4 is 35.3 Å². The van der Waals surface area contributed by atoms with Crippen LogP contribution in [-0.2, 0) is 9.59 Å². The van der Waals surface area contributed by atoms with Gasteiger partial charge in [-0.2, -0.15) is 0 Å². The zero-order valence-corrected chi connectivity index (χ0v) is 14.1. The van der Waals surface area contributed by atoms with E-state index in [0.29, 0.717) is 11.3 Å². The number of alkyl halides is 1. The second-order valence-corrected chi connectivity index (χ2v) is 5.47. The van der Waals surface area contributed by atoms with Crippen LogP contribution < -0.4 is 10.9 Å². The van der Waals surface area contributed by atoms with Gasteiger partial charge in [-0.25, -0.2) is 0 Å². The Hall–Kier alpha value is -2.86. The second-order valence-electron chi connectivity index (χ2n) is 5.09. The first-order valence-electron chi connectivity index (χ1n) is 7.57. The van der Waals surface area contributed by atoms with Crippen molar-refractivity contribution < 1.29 is 18.8 Å². The molecule has 7 heteroatoms. The molecule has 0 saturated heterocycles. The number of rotatable bonds is 7. The molecular weight excluding hydrogens is 344 g/mol. The van der Waals surface area contributed by atoms with Crippen LogP contribution in [0.25, 0.3) is 6.08 Å². The van der Waals surface area contributed by atoms with Crippen LogP contribution in [0.4, 0.5) is 0 Å². The van der Waals surface area contributed by atoms with Crippen molar-refractivity contribution in [3.8, 4) is 0 Å². The zero-order valence-electron chi connectivity index (χ0n) is 13.3. The first-order valence-corrected chi connectivity index (χ1v) is 8.11. The van der Waals surface area contributed by atoms with E-state index >= 15 is 0 Å². The number of amides is 2. The van der Waals surface area contributed by atoms with E-state index in [9.17, 15) is 14.4 Å². The SMILES string of the molecule is O=C(CCCl)NNC(=O)/C(=C/c1ccco1)CC(=O)c1ccccc1. The maximum Gasteiger partial charge on any atom is 0.266 e. The molecule has 0 fully saturated rings. The predicted molar refractivity (Wildman–Crippen MR) is 93.7 cm³/mol. The highest BCUT2D eigenvalue weighted by Gasteiger charge is 2.16. The van der Waals surface area contributed by atoms with Crippen LogP contribution in [0.5, 0.6) is 0 Å². The second kappa shape index (κ2) is 9.44. The number of Topliss-reactive ketones (excluding diaryl/α,β-unsaturated/α-hetero) is 1. The Labute approximate surface area is 149 Å². The number of carbonyl (C=O) groups is 3. The van der Waals surface area contributed by atoms with E-state index in [1.807, 2.05) is 0 Å². The van der Waals surface area contributed by atoms with E-state index in [0.717, 1.165) is 0 Å². The quantitative estimate of drug-likeness (QED) is 0.344. The normalized spacial score (nSPS) is 11.0. The van der Waals surface area contributed by atoms with Gasteiger partial charge in [-0.3, -0.25) is 25.2 Å². The highest BCUT2D eigenvalue weighted by atomic mass is 35.5. The first-order chi connectivity index (χ1) is 12.1. The van der Waals surface area contributed by atoms with E-state index in [1.165, 1.54) is 12.3 Å². The van der Waals surface area contributed by atoms with E-state index in [1.54, 1.807) is 42.5 Å². The number of carbonyl (C=O) groups excluding carboxylic acids is 3. The van der Waals surface area contributed by atoms with Crippen LogP contribution in [0.2, 0.25) is 0 Å². The summed E-state index contributed by atoms with van der Waals surface area (Å²) in [5, 5.41) is 0. The summed E-state index contributed by atoms with van der Waals surface area (Å²) in [6, 6.07) is 12.0. The monoisotopic (exact) mass is 360 g/mol. The number of hydrogen-bond donors (Lipinski definition) is 2. The molecule has 0 atom stereocenters. The number of halogens is 1. The fraction of sp³-hybridized carbons (Fsp3) is 0.167. The molecule has 0 saturated carbocycles. The Morgan fingerprint density at radius 1 is 1.04 bits per heavy atom. The molecule has 6 nitrogen and oxygen atoms in total. The summed E-state index contributed by atoms with van der Waals surface area (Å²) in [6.07, 6.45) is 2.86. The Bertz CT molecular complexity index is 755. The predicted octanol–water partition coefficient (Wildman–Crippen LogP) is 2.71. The molecule has 1 aromatic carbocycles. The van der Waals surface area contributed by atoms with Crippen LogP contribution in [0.1, 0.15) is 29.0 Å². The fourth-order valence-electron chi connectivity index (χ4n) is 2.00. The molecule has 0 aliphatic rings. The van der Waals surface area contributed by atoms with E-state index in [4.69, 9.17) is 16.0 Å². The van der Waals surface area contributed by atoms with Crippen LogP contribution >= 0.6 is 11.6 Å². The van der Waals surface area contributed by atoms with Gasteiger partial charge in [0.25, 0.3) is 5.91 Å². The molecule has 2 N–H and O–H groups in total. The van der Waals surface area contributed by atoms with Crippen molar-refractivity contribution in [1.82, 2.24) is 10.9 Å². The summed E-state index contributed by atoms with van der Waals surface area (Å²) in [4.78, 5) is 36.1. The van der Waals surface area contributed by atoms with Gasteiger partial charge >= 0.3 is 0 Å². The maximum absolute atomic E-state index is 12.4. The Kier molecular flexibility index (Phi) is 6.98. The van der Waals surface area contributed by atoms with Gasteiger partial charge in [0.2, 0.25) is 5.91 Å². The number of ketones is 1. The third kappa shape index (κ3) is 5.93. The minimum Gasteiger partial charge on any atom is -0.465 e. The van der Waals surface area contributed by atoms with Gasteiger partial charge in [0.1, 0.15) is 5.76 Å². The maximum atomic E-state index is 12.4. The van der Waals surface area contributed by atoms with Gasteiger partial charge in [0.05, 0.1) is 6.26 Å². The largest absolute Gasteiger partial charge is 0.465 e. The lowest BCUT2D eigenvalue weighted by molar-refractivity contribution is -0.126. The molecule has 2 aromatic rings. The summed E-state index contributed by atoms with van der Waals surface area (Å²) < 4.78 is 5.19. The fourth-order valence-corrected chi connectivity index (χ4v) is 2.17. The van der Waals surface area contributed by atoms with Crippen molar-refractivity contribution in [2.45, 2.75) is 12.8 Å². The standard InChI is InChI=1S/C18H17ClN2O4/c19-9-8-17(23)20-21-18(24)14(11-15-7-4-10-25-15)12-16(22)13-5-2-1-3-6-13/h1-7,10-11H,8-9,12H2,(H,20,23)(H,21,24)/b14-11+. The van der Waals surface area contributed by atoms with Crippen molar-refractivity contribution in [1.29, 1.82) is 0 Å². The van der Waals surface area contributed by atoms with Gasteiger partial charge in [0.15, 0.2) is 5.78 Å². The smallest absolute Gasteiger partial charge is 0.266 e. The van der Waals surface area contributed by atoms with Gasteiger partial charge in [0, 0.05) is 29.9 Å². The molecule has 0 radical (unpaired) electrons. The van der Waals surface area contributed by atoms with Crippen LogP contribution in [0.3, 0.4) is 0 Å². The molecule has 0 bridgehead atoms. The molecular formula is C18H17ClN2O4. The molecule has 2 amide bonds. The minimum absolute atomic E-state index is 0.0714. The molecule has 0 unspecified atom stereocenters. The Morgan fingerprint density at radius 3 is 2.44 bits per heavy atom. The highest BCUT2D eigenvalue weighted by Crippen LogP contribution is 2.14. The molecule has 0 aliphatic carbocycles. The topological polar surface area (TPSA) is 88.4 Å². The van der Waals surface area contributed by atoms with Crippen molar-refractivity contribution in [2.75, 3.05) is 5.88 Å². The summed E-state index contributed by atoms with van der Waals surface area (Å²) >= 11 is 5.46. The molecule has 0 spiro atoms. The molecule has 1 heterocycles. The van der Waals surface area contributed by atoms with Crippen molar-refractivity contribution in [3.05, 3.63) is 65.6 Å². The minimum atomic E-state index is -0.594. The van der Waals surface area contributed by atoms with Crippen LogP contribution in [0.15, 0.2) is 58.7 Å². The van der Waals surface area contributed by atoms with Crippen LogP contribution in [-0.4, -0.2) is 23.5 Å². The van der Waals surface area contributed by atoms with Crippen LogP contribution in [0, 0.1) is 0 Å². The number of benzene rings is 1. The Balaban J connectivity index is 2.12. The number of hydrogen-bond acceptors (Lipinski definition) is 4. The average Bonchev–Trinajstić information content (AvgIpc) is 3.13. The zero-order chi connectivity index (χ0) is 18.1. The molecule has 1 aromatic heterocycles. The lowest BCUT2D eigenvalue weighted by Gasteiger charge is -2.09. The Morgan fingerprint density at radius 2 is 1.80 bits per heavy atom. The van der Waals surface area contributed by atoms with Gasteiger partial charge in [-0.1, -0.05) is 30.3 Å². The van der Waals surface area contributed by atoms with Crippen molar-refractivity contribution in [3.63, 3.8) is 0 Å². The van der Waals surface area contributed by atoms with Crippen molar-refractivity contribution in [2.24, 2.45) is 0 Å². The number of nitrogens with one attached hydrogen (secondary N) is 2. The van der Waals surface area contributed by atoms with E-state index in [-0.39, 0.29) is 30.1 Å². The number of furan rings is 1. The lowest BCUT2D eigenvalue weighted by atomic mass is 10.0. The summed E-state index contributed by atoms with van der Waals surface area (Å²) in [7, 11) is 0. The van der Waals surface area contributed by atoms with Gasteiger partial charge < -0.3 is 4.42 Å². The molecule has 2 rings (SSSR count). The lowest BCUT2D eigenvalue weighted by Crippen LogP contribution is -2.42. The third-order valence-corrected chi connectivity index (χ3v) is 3.42. The number of hydrazine groups is 1.